The molecule has 3 aliphatic rings. The van der Waals surface area contributed by atoms with Crippen LogP contribution in [0.4, 0.5) is 0 Å². The molecule has 9 heteroatoms. The zero-order valence-corrected chi connectivity index (χ0v) is 27.8. The van der Waals surface area contributed by atoms with Gasteiger partial charge >= 0.3 is 0 Å². The van der Waals surface area contributed by atoms with E-state index in [0.717, 1.165) is 53.6 Å². The van der Waals surface area contributed by atoms with E-state index in [4.69, 9.17) is 23.7 Å². The lowest BCUT2D eigenvalue weighted by Gasteiger charge is -2.46. The van der Waals surface area contributed by atoms with Gasteiger partial charge in [0.25, 0.3) is 0 Å². The van der Waals surface area contributed by atoms with Crippen LogP contribution in [-0.4, -0.2) is 69.1 Å². The maximum absolute atomic E-state index is 10.7. The number of benzene rings is 4. The largest absolute Gasteiger partial charge is 0.508 e. The third-order valence-electron chi connectivity index (χ3n) is 10.3. The molecule has 3 heterocycles. The molecule has 2 bridgehead atoms. The third-order valence-corrected chi connectivity index (χ3v) is 10.3. The van der Waals surface area contributed by atoms with Gasteiger partial charge in [-0.05, 0) is 116 Å². The molecule has 0 saturated carbocycles. The average molecular weight is 639 g/mol. The lowest BCUT2D eigenvalue weighted by molar-refractivity contribution is 0.135. The first-order valence-corrected chi connectivity index (χ1v) is 16.0. The summed E-state index contributed by atoms with van der Waals surface area (Å²) >= 11 is 0. The van der Waals surface area contributed by atoms with E-state index in [-0.39, 0.29) is 29.6 Å². The van der Waals surface area contributed by atoms with Crippen molar-refractivity contribution < 1.29 is 33.9 Å². The molecule has 0 saturated heterocycles. The van der Waals surface area contributed by atoms with Gasteiger partial charge in [0, 0.05) is 30.2 Å². The molecule has 246 valence electrons. The highest BCUT2D eigenvalue weighted by Crippen LogP contribution is 2.55. The molecule has 2 N–H and O–H groups in total. The first-order valence-electron chi connectivity index (χ1n) is 16.0. The van der Waals surface area contributed by atoms with Crippen LogP contribution in [-0.2, 0) is 25.7 Å². The maximum Gasteiger partial charge on any atom is 0.204 e. The second kappa shape index (κ2) is 12.2. The van der Waals surface area contributed by atoms with Crippen LogP contribution in [0.5, 0.6) is 46.0 Å². The summed E-state index contributed by atoms with van der Waals surface area (Å²) in [5.74, 6) is 3.90. The van der Waals surface area contributed by atoms with Crippen molar-refractivity contribution >= 4 is 0 Å². The standard InChI is InChI=1S/C38H42N2O7/c1-39-12-11-22-15-34(44-4)35(19-26(22)29(39)13-21-7-9-24(41)10-8-21)47-37-28-17-31-25-18-32(42)33(43-3)16-23(25)14-30(40(31)2)27(28)20-36(45-5)38(37)46-6/h7-10,15-16,18-20,29-31,41-42H,11-14,17H2,1-6H3/t29-,30?,31?/m1/s1. The van der Waals surface area contributed by atoms with Crippen molar-refractivity contribution in [1.82, 2.24) is 9.80 Å². The number of phenolic OH excluding ortho intramolecular Hbond substituents is 2. The number of aromatic hydroxyl groups is 2. The summed E-state index contributed by atoms with van der Waals surface area (Å²) < 4.78 is 30.2. The molecule has 47 heavy (non-hydrogen) atoms. The van der Waals surface area contributed by atoms with Crippen LogP contribution in [0.3, 0.4) is 0 Å². The second-order valence-electron chi connectivity index (χ2n) is 12.8. The van der Waals surface area contributed by atoms with Gasteiger partial charge < -0.3 is 33.9 Å². The van der Waals surface area contributed by atoms with Gasteiger partial charge in [0.2, 0.25) is 5.75 Å². The second-order valence-corrected chi connectivity index (χ2v) is 12.8. The summed E-state index contributed by atoms with van der Waals surface area (Å²) in [6.07, 6.45) is 3.09. The highest BCUT2D eigenvalue weighted by molar-refractivity contribution is 5.64. The Kier molecular flexibility index (Phi) is 8.06. The normalized spacial score (nSPS) is 20.1. The molecule has 0 fully saturated rings. The van der Waals surface area contributed by atoms with Gasteiger partial charge in [0.1, 0.15) is 5.75 Å². The van der Waals surface area contributed by atoms with Crippen LogP contribution in [0.15, 0.2) is 54.6 Å². The summed E-state index contributed by atoms with van der Waals surface area (Å²) in [5, 5.41) is 20.6. The van der Waals surface area contributed by atoms with Gasteiger partial charge in [-0.2, -0.15) is 0 Å². The zero-order chi connectivity index (χ0) is 33.0. The number of ether oxygens (including phenoxy) is 5. The van der Waals surface area contributed by atoms with Crippen LogP contribution in [0.25, 0.3) is 0 Å². The Morgan fingerprint density at radius 3 is 2.06 bits per heavy atom. The Morgan fingerprint density at radius 1 is 0.681 bits per heavy atom. The summed E-state index contributed by atoms with van der Waals surface area (Å²) in [7, 11) is 10.8. The fourth-order valence-electron chi connectivity index (χ4n) is 7.78. The first-order chi connectivity index (χ1) is 22.7. The number of hydrogen-bond donors (Lipinski definition) is 2. The molecule has 3 atom stereocenters. The molecule has 3 aliphatic heterocycles. The van der Waals surface area contributed by atoms with Gasteiger partial charge in [-0.15, -0.1) is 0 Å². The molecule has 0 aromatic heterocycles. The summed E-state index contributed by atoms with van der Waals surface area (Å²) in [6.45, 7) is 0.926. The Labute approximate surface area is 275 Å². The van der Waals surface area contributed by atoms with Crippen molar-refractivity contribution in [2.75, 3.05) is 49.1 Å². The first kappa shape index (κ1) is 31.0. The molecule has 0 aliphatic carbocycles. The number of rotatable bonds is 8. The molecule has 9 nitrogen and oxygen atoms in total. The molecule has 4 aromatic carbocycles. The Morgan fingerprint density at radius 2 is 1.36 bits per heavy atom. The number of nitrogens with zero attached hydrogens (tertiary/aromatic N) is 2. The molecular weight excluding hydrogens is 596 g/mol. The average Bonchev–Trinajstić information content (AvgIpc) is 3.07. The topological polar surface area (TPSA) is 93.1 Å². The van der Waals surface area contributed by atoms with E-state index >= 15 is 0 Å². The number of phenols is 2. The number of likely N-dealkylation sites (N-methyl/N-ethyl adjacent to an activating group) is 2. The highest BCUT2D eigenvalue weighted by Gasteiger charge is 2.42. The summed E-state index contributed by atoms with van der Waals surface area (Å²) in [5.41, 5.74) is 7.99. The van der Waals surface area contributed by atoms with Gasteiger partial charge in [0.15, 0.2) is 34.5 Å². The van der Waals surface area contributed by atoms with Crippen molar-refractivity contribution in [3.63, 3.8) is 0 Å². The minimum absolute atomic E-state index is 0.0160. The Bertz CT molecular complexity index is 1820. The van der Waals surface area contributed by atoms with Crippen LogP contribution < -0.4 is 23.7 Å². The van der Waals surface area contributed by atoms with E-state index in [1.807, 2.05) is 24.3 Å². The molecule has 0 radical (unpaired) electrons. The molecule has 2 unspecified atom stereocenters. The Hall–Kier alpha value is -4.60. The van der Waals surface area contributed by atoms with E-state index in [9.17, 15) is 10.2 Å². The van der Waals surface area contributed by atoms with Crippen LogP contribution in [0, 0.1) is 0 Å². The van der Waals surface area contributed by atoms with Crippen LogP contribution in [0.1, 0.15) is 57.1 Å². The lowest BCUT2D eigenvalue weighted by Crippen LogP contribution is -2.40. The Balaban J connectivity index is 1.33. The van der Waals surface area contributed by atoms with Gasteiger partial charge in [-0.25, -0.2) is 0 Å². The fourth-order valence-corrected chi connectivity index (χ4v) is 7.78. The minimum atomic E-state index is 0.0160. The molecule has 7 rings (SSSR count). The number of fused-ring (bicyclic) bond motifs is 7. The minimum Gasteiger partial charge on any atom is -0.508 e. The summed E-state index contributed by atoms with van der Waals surface area (Å²) in [6, 6.07) is 17.7. The predicted octanol–water partition coefficient (Wildman–Crippen LogP) is 6.52. The molecule has 0 spiro atoms. The third kappa shape index (κ3) is 5.27. The quantitative estimate of drug-likeness (QED) is 0.224. The number of methoxy groups -OCH3 is 4. The molecule has 0 amide bonds. The summed E-state index contributed by atoms with van der Waals surface area (Å²) in [4.78, 5) is 4.74. The van der Waals surface area contributed by atoms with E-state index < -0.39 is 0 Å². The van der Waals surface area contributed by atoms with E-state index in [0.29, 0.717) is 40.9 Å². The van der Waals surface area contributed by atoms with E-state index in [1.165, 1.54) is 11.1 Å². The maximum atomic E-state index is 10.7. The predicted molar refractivity (Wildman–Crippen MR) is 179 cm³/mol. The number of hydrogen-bond acceptors (Lipinski definition) is 9. The van der Waals surface area contributed by atoms with Crippen molar-refractivity contribution in [1.29, 1.82) is 0 Å². The molecular formula is C38H42N2O7. The van der Waals surface area contributed by atoms with Gasteiger partial charge in [-0.3, -0.25) is 9.80 Å². The SMILES string of the molecule is COc1cc2c(cc1O)C1Cc3c(cc(OC)c(OC)c3Oc3cc4c(cc3OC)CCN(C)[C@@H]4Cc3ccc(O)cc3)C(C2)N1C. The van der Waals surface area contributed by atoms with Crippen LogP contribution in [0.2, 0.25) is 0 Å². The smallest absolute Gasteiger partial charge is 0.204 e. The monoisotopic (exact) mass is 638 g/mol. The zero-order valence-electron chi connectivity index (χ0n) is 27.8. The molecule has 4 aromatic rings. The van der Waals surface area contributed by atoms with E-state index in [2.05, 4.69) is 42.1 Å². The van der Waals surface area contributed by atoms with Crippen molar-refractivity contribution in [2.45, 2.75) is 43.8 Å². The van der Waals surface area contributed by atoms with Gasteiger partial charge in [-0.1, -0.05) is 12.1 Å². The van der Waals surface area contributed by atoms with Crippen molar-refractivity contribution in [3.05, 3.63) is 93.5 Å². The van der Waals surface area contributed by atoms with Crippen molar-refractivity contribution in [2.24, 2.45) is 0 Å². The van der Waals surface area contributed by atoms with Crippen molar-refractivity contribution in [3.8, 4) is 46.0 Å². The fraction of sp³-hybridized carbons (Fsp3) is 0.368. The van der Waals surface area contributed by atoms with Gasteiger partial charge in [0.05, 0.1) is 28.4 Å². The van der Waals surface area contributed by atoms with Crippen LogP contribution >= 0.6 is 0 Å². The lowest BCUT2D eigenvalue weighted by atomic mass is 9.76. The highest BCUT2D eigenvalue weighted by atomic mass is 16.5. The van der Waals surface area contributed by atoms with E-state index in [1.54, 1.807) is 40.6 Å².